The van der Waals surface area contributed by atoms with Gasteiger partial charge in [0.25, 0.3) is 0 Å². The quantitative estimate of drug-likeness (QED) is 0.0296. The summed E-state index contributed by atoms with van der Waals surface area (Å²) in [5.41, 5.74) is 3.19. The smallest absolute Gasteiger partial charge is 0.305 e. The van der Waals surface area contributed by atoms with Crippen LogP contribution in [0.4, 0.5) is 26.3 Å². The van der Waals surface area contributed by atoms with E-state index >= 15 is 0 Å². The third kappa shape index (κ3) is 17.2. The van der Waals surface area contributed by atoms with Gasteiger partial charge in [0.1, 0.15) is 30.0 Å². The summed E-state index contributed by atoms with van der Waals surface area (Å²) in [7, 11) is 0. The Morgan fingerprint density at radius 1 is 0.562 bits per heavy atom. The minimum absolute atomic E-state index is 0.0159. The summed E-state index contributed by atoms with van der Waals surface area (Å²) in [6.45, 7) is -1.19. The summed E-state index contributed by atoms with van der Waals surface area (Å²) in [5, 5.41) is 32.4. The van der Waals surface area contributed by atoms with Crippen molar-refractivity contribution in [1.82, 2.24) is 37.2 Å². The molecule has 1 unspecified atom stereocenters. The molecule has 0 radical (unpaired) electrons. The first-order valence-electron chi connectivity index (χ1n) is 19.0. The number of amides is 8. The summed E-state index contributed by atoms with van der Waals surface area (Å²) in [6.07, 6.45) is -3.01. The average molecular weight is 919 g/mol. The minimum atomic E-state index is -2.57. The number of hydrogen-bond acceptors (Lipinski definition) is 10. The fourth-order valence-electron chi connectivity index (χ4n) is 5.46. The molecule has 0 saturated heterocycles. The van der Waals surface area contributed by atoms with Crippen molar-refractivity contribution in [3.05, 3.63) is 70.3 Å². The van der Waals surface area contributed by atoms with Gasteiger partial charge in [-0.15, -0.1) is 0 Å². The summed E-state index contributed by atoms with van der Waals surface area (Å²) in [5.74, 6) is -25.4. The Morgan fingerprint density at radius 2 is 1.06 bits per heavy atom. The fourth-order valence-corrected chi connectivity index (χ4v) is 5.46. The molecule has 0 saturated carbocycles. The number of unbranched alkanes of at least 4 members (excludes halogenated alkanes) is 1. The maximum Gasteiger partial charge on any atom is 0.305 e. The number of nitrogens with one attached hydrogen (secondary N) is 7. The Balaban J connectivity index is 2.34. The summed E-state index contributed by atoms with van der Waals surface area (Å²) in [4.78, 5) is 124. The van der Waals surface area contributed by atoms with Gasteiger partial charge in [-0.2, -0.15) is 0 Å². The van der Waals surface area contributed by atoms with Gasteiger partial charge in [-0.25, -0.2) is 26.3 Å². The van der Waals surface area contributed by atoms with Crippen molar-refractivity contribution in [2.75, 3.05) is 19.6 Å². The van der Waals surface area contributed by atoms with Crippen molar-refractivity contribution in [2.24, 2.45) is 5.73 Å². The molecule has 350 valence electrons. The molecule has 0 heterocycles. The molecule has 20 nitrogen and oxygen atoms in total. The second-order valence-electron chi connectivity index (χ2n) is 13.7. The molecule has 0 aliphatic carbocycles. The lowest BCUT2D eigenvalue weighted by Crippen LogP contribution is -2.57. The van der Waals surface area contributed by atoms with Gasteiger partial charge in [0.15, 0.2) is 23.3 Å². The van der Waals surface area contributed by atoms with E-state index in [2.05, 4.69) is 10.6 Å². The molecule has 0 bridgehead atoms. The van der Waals surface area contributed by atoms with Crippen LogP contribution in [0.15, 0.2) is 24.3 Å². The Hall–Kier alpha value is -7.28. The first kappa shape index (κ1) is 52.9. The SMILES string of the molecule is CCCCC(=O)N[C@@H](CCC(=O)O)C(=O)NCC(=O)NCC(=O)N[C@@H](Cc1c(F)c(F)c(F)c(F)c1F)C(=O)NC(Cc1ccccc1F)C(=O)NCC(=O)N[C@@H](CC(=O)O)C(N)=O. The molecule has 0 fully saturated rings. The van der Waals surface area contributed by atoms with Crippen molar-refractivity contribution in [1.29, 1.82) is 0 Å². The monoisotopic (exact) mass is 918 g/mol. The zero-order valence-corrected chi connectivity index (χ0v) is 33.7. The third-order valence-electron chi connectivity index (χ3n) is 8.78. The molecule has 11 N–H and O–H groups in total. The van der Waals surface area contributed by atoms with Gasteiger partial charge in [-0.05, 0) is 24.5 Å². The van der Waals surface area contributed by atoms with E-state index in [-0.39, 0.29) is 18.4 Å². The number of primary amides is 1. The third-order valence-corrected chi connectivity index (χ3v) is 8.78. The van der Waals surface area contributed by atoms with Gasteiger partial charge in [0.05, 0.1) is 26.1 Å². The average Bonchev–Trinajstić information content (AvgIpc) is 3.24. The van der Waals surface area contributed by atoms with Crippen LogP contribution in [0.25, 0.3) is 0 Å². The first-order valence-corrected chi connectivity index (χ1v) is 19.0. The molecule has 4 atom stereocenters. The standard InChI is InChI=1S/C38H44F6N8O12/c1-2-3-8-24(53)49-20(9-10-28(57)58)36(62)47-14-25(54)46-15-26(55)51-23(12-18-30(40)32(42)34(44)33(43)31(18)41)38(64)52-22(11-17-6-4-5-7-19(17)39)37(63)48-16-27(56)50-21(35(45)61)13-29(59)60/h4-7,20-23H,2-3,8-16H2,1H3,(H2,45,61)(H,46,54)(H,47,62)(H,48,63)(H,49,53)(H,50,56)(H,51,55)(H,52,64)(H,57,58)(H,59,60)/t20-,21-,22?,23-/m0/s1. The van der Waals surface area contributed by atoms with Crippen LogP contribution < -0.4 is 43.0 Å². The van der Waals surface area contributed by atoms with Gasteiger partial charge in [0, 0.05) is 31.2 Å². The summed E-state index contributed by atoms with van der Waals surface area (Å²) < 4.78 is 86.6. The highest BCUT2D eigenvalue weighted by Crippen LogP contribution is 2.24. The van der Waals surface area contributed by atoms with Gasteiger partial charge in [-0.1, -0.05) is 31.5 Å². The van der Waals surface area contributed by atoms with E-state index in [0.29, 0.717) is 12.8 Å². The zero-order chi connectivity index (χ0) is 48.3. The Labute approximate surface area is 358 Å². The maximum atomic E-state index is 14.8. The van der Waals surface area contributed by atoms with E-state index < -0.39 is 169 Å². The molecule has 26 heteroatoms. The second-order valence-corrected chi connectivity index (χ2v) is 13.7. The van der Waals surface area contributed by atoms with Crippen LogP contribution in [0.2, 0.25) is 0 Å². The van der Waals surface area contributed by atoms with Crippen molar-refractivity contribution in [3.8, 4) is 0 Å². The first-order chi connectivity index (χ1) is 30.0. The van der Waals surface area contributed by atoms with Gasteiger partial charge < -0.3 is 53.2 Å². The molecular weight excluding hydrogens is 874 g/mol. The topological polar surface area (TPSA) is 321 Å². The molecule has 2 rings (SSSR count). The normalized spacial score (nSPS) is 12.6. The molecule has 8 amide bonds. The van der Waals surface area contributed by atoms with E-state index in [4.69, 9.17) is 15.9 Å². The Morgan fingerprint density at radius 3 is 1.61 bits per heavy atom. The lowest BCUT2D eigenvalue weighted by Gasteiger charge is -2.24. The van der Waals surface area contributed by atoms with Crippen molar-refractivity contribution in [2.45, 2.75) is 82.5 Å². The number of benzene rings is 2. The number of carboxylic acids is 2. The van der Waals surface area contributed by atoms with Crippen molar-refractivity contribution < 1.29 is 84.5 Å². The molecular formula is C38H44F6N8O12. The largest absolute Gasteiger partial charge is 0.481 e. The fraction of sp³-hybridized carbons (Fsp3) is 0.421. The lowest BCUT2D eigenvalue weighted by atomic mass is 10.0. The molecule has 2 aromatic carbocycles. The molecule has 0 spiro atoms. The van der Waals surface area contributed by atoms with Gasteiger partial charge >= 0.3 is 11.9 Å². The second kappa shape index (κ2) is 25.6. The van der Waals surface area contributed by atoms with Crippen molar-refractivity contribution in [3.63, 3.8) is 0 Å². The van der Waals surface area contributed by atoms with E-state index in [0.717, 1.165) is 12.1 Å². The highest BCUT2D eigenvalue weighted by atomic mass is 19.2. The lowest BCUT2D eigenvalue weighted by molar-refractivity contribution is -0.140. The van der Waals surface area contributed by atoms with Crippen molar-refractivity contribution >= 4 is 59.2 Å². The van der Waals surface area contributed by atoms with Gasteiger partial charge in [-0.3, -0.25) is 47.9 Å². The Bertz CT molecular complexity index is 2080. The van der Waals surface area contributed by atoms with Gasteiger partial charge in [0.2, 0.25) is 53.1 Å². The highest BCUT2D eigenvalue weighted by molar-refractivity contribution is 5.96. The number of aliphatic carboxylic acids is 2. The molecule has 0 aliphatic heterocycles. The van der Waals surface area contributed by atoms with Crippen LogP contribution in [-0.2, 0) is 60.8 Å². The number of rotatable bonds is 26. The maximum absolute atomic E-state index is 14.8. The van der Waals surface area contributed by atoms with Crippen LogP contribution in [0.1, 0.15) is 56.6 Å². The number of halogens is 6. The molecule has 0 aliphatic rings. The van der Waals surface area contributed by atoms with Crippen LogP contribution in [0.5, 0.6) is 0 Å². The zero-order valence-electron chi connectivity index (χ0n) is 33.7. The van der Waals surface area contributed by atoms with E-state index in [9.17, 15) is 74.3 Å². The summed E-state index contributed by atoms with van der Waals surface area (Å²) >= 11 is 0. The van der Waals surface area contributed by atoms with Crippen LogP contribution >= 0.6 is 0 Å². The van der Waals surface area contributed by atoms with Crippen LogP contribution in [0.3, 0.4) is 0 Å². The minimum Gasteiger partial charge on any atom is -0.481 e. The number of carbonyl (C=O) groups is 10. The number of carbonyl (C=O) groups excluding carboxylic acids is 8. The predicted octanol–water partition coefficient (Wildman–Crippen LogP) is -1.39. The van der Waals surface area contributed by atoms with Crippen LogP contribution in [-0.4, -0.2) is 113 Å². The van der Waals surface area contributed by atoms with E-state index in [1.165, 1.54) is 12.1 Å². The van der Waals surface area contributed by atoms with E-state index in [1.54, 1.807) is 6.92 Å². The number of carboxylic acid groups (broad SMARTS) is 2. The summed E-state index contributed by atoms with van der Waals surface area (Å²) in [6, 6.07) is -2.77. The van der Waals surface area contributed by atoms with Crippen LogP contribution in [0, 0.1) is 34.9 Å². The molecule has 2 aromatic rings. The molecule has 0 aromatic heterocycles. The van der Waals surface area contributed by atoms with E-state index in [1.807, 2.05) is 26.6 Å². The predicted molar refractivity (Wildman–Crippen MR) is 205 cm³/mol. The molecule has 64 heavy (non-hydrogen) atoms. The highest BCUT2D eigenvalue weighted by Gasteiger charge is 2.33. The number of nitrogens with two attached hydrogens (primary N) is 1. The number of hydrogen-bond donors (Lipinski definition) is 10. The Kier molecular flexibility index (Phi) is 21.1.